The Labute approximate surface area is 156 Å². The predicted molar refractivity (Wildman–Crippen MR) is 104 cm³/mol. The van der Waals surface area contributed by atoms with Crippen molar-refractivity contribution in [2.24, 2.45) is 0 Å². The summed E-state index contributed by atoms with van der Waals surface area (Å²) in [5.41, 5.74) is 3.38. The number of aromatic hydroxyl groups is 1. The highest BCUT2D eigenvalue weighted by Gasteiger charge is 2.34. The van der Waals surface area contributed by atoms with Crippen LogP contribution >= 0.6 is 0 Å². The van der Waals surface area contributed by atoms with E-state index in [1.807, 2.05) is 33.8 Å². The van der Waals surface area contributed by atoms with Gasteiger partial charge in [0.25, 0.3) is 0 Å². The van der Waals surface area contributed by atoms with Crippen molar-refractivity contribution in [2.45, 2.75) is 65.4 Å². The second-order valence-electron chi connectivity index (χ2n) is 7.68. The number of fused-ring (bicyclic) bond motifs is 1. The zero-order valence-electron chi connectivity index (χ0n) is 16.3. The topological polar surface area (TPSA) is 66.8 Å². The Kier molecular flexibility index (Phi) is 6.65. The molecule has 1 aromatic carbocycles. The van der Waals surface area contributed by atoms with Gasteiger partial charge in [-0.1, -0.05) is 17.2 Å². The summed E-state index contributed by atoms with van der Waals surface area (Å²) in [4.78, 5) is 12.5. The molecule has 0 spiro atoms. The monoisotopic (exact) mass is 358 g/mol. The van der Waals surface area contributed by atoms with Crippen LogP contribution in [-0.4, -0.2) is 28.2 Å². The third kappa shape index (κ3) is 5.46. The quantitative estimate of drug-likeness (QED) is 0.560. The first-order chi connectivity index (χ1) is 12.2. The normalized spacial score (nSPS) is 20.5. The first kappa shape index (κ1) is 20.2. The van der Waals surface area contributed by atoms with Crippen LogP contribution in [0.4, 0.5) is 0 Å². The van der Waals surface area contributed by atoms with Gasteiger partial charge in [-0.3, -0.25) is 4.79 Å². The molecule has 1 aliphatic heterocycles. The standard InChI is InChI=1S/C22H30O4/c1-15(6-5-7-16(2)14-23)10-20(25)13-22(4)9-8-18-12-19(24)11-17(3)21(18)26-22/h7,10-12,23-24H,5-6,8-9,13-14H2,1-4H3/b15-10-,16-7+/t22-/m0/s1. The number of hydrogen-bond acceptors (Lipinski definition) is 4. The van der Waals surface area contributed by atoms with Crippen molar-refractivity contribution in [2.75, 3.05) is 6.61 Å². The van der Waals surface area contributed by atoms with Gasteiger partial charge in [0.15, 0.2) is 5.78 Å². The zero-order valence-corrected chi connectivity index (χ0v) is 16.3. The number of ether oxygens (including phenoxy) is 1. The molecule has 0 aromatic heterocycles. The summed E-state index contributed by atoms with van der Waals surface area (Å²) < 4.78 is 6.19. The Bertz CT molecular complexity index is 730. The van der Waals surface area contributed by atoms with Crippen molar-refractivity contribution >= 4 is 5.78 Å². The maximum atomic E-state index is 12.5. The molecule has 0 bridgehead atoms. The van der Waals surface area contributed by atoms with Gasteiger partial charge in [0, 0.05) is 6.42 Å². The molecule has 0 fully saturated rings. The van der Waals surface area contributed by atoms with Crippen LogP contribution in [0.2, 0.25) is 0 Å². The van der Waals surface area contributed by atoms with E-state index in [0.29, 0.717) is 6.42 Å². The molecular weight excluding hydrogens is 328 g/mol. The first-order valence-corrected chi connectivity index (χ1v) is 9.20. The maximum Gasteiger partial charge on any atom is 0.159 e. The SMILES string of the molecule is C/C(=C/C(=O)C[C@]1(C)CCc2cc(O)cc(C)c2O1)CC/C=C(\C)CO. The highest BCUT2D eigenvalue weighted by atomic mass is 16.5. The highest BCUT2D eigenvalue weighted by molar-refractivity contribution is 5.91. The van der Waals surface area contributed by atoms with Crippen LogP contribution in [0.25, 0.3) is 0 Å². The van der Waals surface area contributed by atoms with Crippen LogP contribution in [0.5, 0.6) is 11.5 Å². The van der Waals surface area contributed by atoms with Crippen molar-refractivity contribution < 1.29 is 19.7 Å². The smallest absolute Gasteiger partial charge is 0.159 e. The fraction of sp³-hybridized carbons (Fsp3) is 0.500. The highest BCUT2D eigenvalue weighted by Crippen LogP contribution is 2.39. The molecule has 1 heterocycles. The van der Waals surface area contributed by atoms with E-state index in [4.69, 9.17) is 9.84 Å². The van der Waals surface area contributed by atoms with Crippen molar-refractivity contribution in [3.8, 4) is 11.5 Å². The van der Waals surface area contributed by atoms with Gasteiger partial charge in [-0.05, 0) is 82.7 Å². The number of allylic oxidation sites excluding steroid dienone is 3. The van der Waals surface area contributed by atoms with Gasteiger partial charge in [0.2, 0.25) is 0 Å². The minimum atomic E-state index is -0.518. The second kappa shape index (κ2) is 8.54. The largest absolute Gasteiger partial charge is 0.508 e. The van der Waals surface area contributed by atoms with E-state index in [-0.39, 0.29) is 18.1 Å². The van der Waals surface area contributed by atoms with E-state index in [1.165, 1.54) is 0 Å². The molecule has 142 valence electrons. The first-order valence-electron chi connectivity index (χ1n) is 9.20. The third-order valence-corrected chi connectivity index (χ3v) is 4.84. The molecule has 1 aliphatic rings. The number of aliphatic hydroxyl groups is 1. The summed E-state index contributed by atoms with van der Waals surface area (Å²) in [7, 11) is 0. The summed E-state index contributed by atoms with van der Waals surface area (Å²) in [6.07, 6.45) is 7.24. The van der Waals surface area contributed by atoms with E-state index in [0.717, 1.165) is 53.7 Å². The lowest BCUT2D eigenvalue weighted by Gasteiger charge is -2.36. The molecule has 1 atom stereocenters. The molecule has 0 radical (unpaired) electrons. The van der Waals surface area contributed by atoms with E-state index in [1.54, 1.807) is 18.2 Å². The Morgan fingerprint density at radius 3 is 2.73 bits per heavy atom. The van der Waals surface area contributed by atoms with E-state index < -0.39 is 5.60 Å². The fourth-order valence-electron chi connectivity index (χ4n) is 3.36. The number of carbonyl (C=O) groups excluding carboxylic acids is 1. The van der Waals surface area contributed by atoms with Crippen LogP contribution in [-0.2, 0) is 11.2 Å². The number of ketones is 1. The Morgan fingerprint density at radius 1 is 1.31 bits per heavy atom. The van der Waals surface area contributed by atoms with Crippen LogP contribution in [0.1, 0.15) is 57.6 Å². The number of hydrogen-bond donors (Lipinski definition) is 2. The number of aliphatic hydroxyl groups excluding tert-OH is 1. The molecule has 2 rings (SSSR count). The number of aryl methyl sites for hydroxylation is 2. The van der Waals surface area contributed by atoms with Crippen LogP contribution in [0.3, 0.4) is 0 Å². The molecule has 0 saturated heterocycles. The summed E-state index contributed by atoms with van der Waals surface area (Å²) in [5.74, 6) is 1.14. The lowest BCUT2D eigenvalue weighted by Crippen LogP contribution is -2.38. The van der Waals surface area contributed by atoms with Gasteiger partial charge in [-0.25, -0.2) is 0 Å². The van der Waals surface area contributed by atoms with Crippen molar-refractivity contribution in [1.29, 1.82) is 0 Å². The summed E-state index contributed by atoms with van der Waals surface area (Å²) in [5, 5.41) is 18.7. The molecule has 2 N–H and O–H groups in total. The van der Waals surface area contributed by atoms with Crippen LogP contribution in [0, 0.1) is 6.92 Å². The third-order valence-electron chi connectivity index (χ3n) is 4.84. The summed E-state index contributed by atoms with van der Waals surface area (Å²) >= 11 is 0. The van der Waals surface area contributed by atoms with E-state index in [9.17, 15) is 9.90 Å². The number of benzene rings is 1. The van der Waals surface area contributed by atoms with Gasteiger partial charge in [0.05, 0.1) is 6.61 Å². The average Bonchev–Trinajstić information content (AvgIpc) is 2.55. The minimum absolute atomic E-state index is 0.0766. The lowest BCUT2D eigenvalue weighted by molar-refractivity contribution is -0.118. The van der Waals surface area contributed by atoms with Crippen molar-refractivity contribution in [3.63, 3.8) is 0 Å². The summed E-state index contributed by atoms with van der Waals surface area (Å²) in [6.45, 7) is 7.84. The molecular formula is C22H30O4. The molecule has 0 unspecified atom stereocenters. The van der Waals surface area contributed by atoms with E-state index in [2.05, 4.69) is 0 Å². The number of rotatable bonds is 7. The lowest BCUT2D eigenvalue weighted by atomic mass is 9.87. The molecule has 0 amide bonds. The average molecular weight is 358 g/mol. The molecule has 0 aliphatic carbocycles. The molecule has 26 heavy (non-hydrogen) atoms. The van der Waals surface area contributed by atoms with Gasteiger partial charge in [-0.2, -0.15) is 0 Å². The Morgan fingerprint density at radius 2 is 2.04 bits per heavy atom. The van der Waals surface area contributed by atoms with Gasteiger partial charge < -0.3 is 14.9 Å². The fourth-order valence-corrected chi connectivity index (χ4v) is 3.36. The predicted octanol–water partition coefficient (Wildman–Crippen LogP) is 4.41. The second-order valence-corrected chi connectivity index (χ2v) is 7.68. The van der Waals surface area contributed by atoms with E-state index >= 15 is 0 Å². The van der Waals surface area contributed by atoms with Gasteiger partial charge in [-0.15, -0.1) is 0 Å². The van der Waals surface area contributed by atoms with Crippen LogP contribution < -0.4 is 4.74 Å². The number of phenolic OH excluding ortho intramolecular Hbond substituents is 1. The van der Waals surface area contributed by atoms with Crippen molar-refractivity contribution in [1.82, 2.24) is 0 Å². The summed E-state index contributed by atoms with van der Waals surface area (Å²) in [6, 6.07) is 3.44. The Hall–Kier alpha value is -2.07. The zero-order chi connectivity index (χ0) is 19.3. The number of carbonyl (C=O) groups is 1. The van der Waals surface area contributed by atoms with Crippen molar-refractivity contribution in [3.05, 3.63) is 46.6 Å². The Balaban J connectivity index is 1.99. The molecule has 4 heteroatoms. The van der Waals surface area contributed by atoms with Gasteiger partial charge >= 0.3 is 0 Å². The molecule has 0 saturated carbocycles. The molecule has 1 aromatic rings. The molecule has 4 nitrogen and oxygen atoms in total. The maximum absolute atomic E-state index is 12.5. The minimum Gasteiger partial charge on any atom is -0.508 e. The number of phenols is 1. The van der Waals surface area contributed by atoms with Gasteiger partial charge in [0.1, 0.15) is 17.1 Å². The van der Waals surface area contributed by atoms with Crippen LogP contribution in [0.15, 0.2) is 35.4 Å².